The smallest absolute Gasteiger partial charge is 0.160 e. The van der Waals surface area contributed by atoms with Gasteiger partial charge in [0.2, 0.25) is 0 Å². The summed E-state index contributed by atoms with van der Waals surface area (Å²) in [7, 11) is 0. The summed E-state index contributed by atoms with van der Waals surface area (Å²) < 4.78 is 2.58. The lowest BCUT2D eigenvalue weighted by atomic mass is 9.82. The largest absolute Gasteiger partial charge is 0.264 e. The SMILES string of the molecule is CC1(C)c2ccccc2-c2ccc(-c3cc(-c4ccc5sc6ccccc6c5c4)nc(-c4cccc(-c5cccnc5)c4)n3)cc21. The molecule has 46 heavy (non-hydrogen) atoms. The van der Waals surface area contributed by atoms with Crippen molar-refractivity contribution in [1.82, 2.24) is 15.0 Å². The second kappa shape index (κ2) is 10.3. The monoisotopic (exact) mass is 607 g/mol. The van der Waals surface area contributed by atoms with E-state index in [2.05, 4.69) is 140 Å². The highest BCUT2D eigenvalue weighted by Gasteiger charge is 2.35. The summed E-state index contributed by atoms with van der Waals surface area (Å²) in [6, 6.07) is 45.6. The van der Waals surface area contributed by atoms with E-state index >= 15 is 0 Å². The third-order valence-corrected chi connectivity index (χ3v) is 10.5. The van der Waals surface area contributed by atoms with Crippen molar-refractivity contribution >= 4 is 31.5 Å². The second-order valence-electron chi connectivity index (χ2n) is 12.5. The maximum atomic E-state index is 5.23. The number of fused-ring (bicyclic) bond motifs is 6. The van der Waals surface area contributed by atoms with Crippen molar-refractivity contribution in [2.45, 2.75) is 19.3 Å². The number of benzene rings is 5. The van der Waals surface area contributed by atoms with Gasteiger partial charge < -0.3 is 0 Å². The number of pyridine rings is 1. The molecule has 0 spiro atoms. The predicted molar refractivity (Wildman–Crippen MR) is 192 cm³/mol. The highest BCUT2D eigenvalue weighted by atomic mass is 32.1. The Morgan fingerprint density at radius 2 is 1.22 bits per heavy atom. The Morgan fingerprint density at radius 3 is 2.09 bits per heavy atom. The lowest BCUT2D eigenvalue weighted by Crippen LogP contribution is -2.14. The summed E-state index contributed by atoms with van der Waals surface area (Å²) in [5.74, 6) is 0.705. The molecule has 0 unspecified atom stereocenters. The van der Waals surface area contributed by atoms with E-state index < -0.39 is 0 Å². The van der Waals surface area contributed by atoms with E-state index in [1.54, 1.807) is 6.20 Å². The van der Waals surface area contributed by atoms with Gasteiger partial charge in [-0.3, -0.25) is 4.98 Å². The maximum Gasteiger partial charge on any atom is 0.160 e. The molecule has 8 aromatic rings. The fourth-order valence-electron chi connectivity index (χ4n) is 6.99. The zero-order chi connectivity index (χ0) is 30.8. The lowest BCUT2D eigenvalue weighted by Gasteiger charge is -2.22. The van der Waals surface area contributed by atoms with E-state index in [0.29, 0.717) is 5.82 Å². The Labute approximate surface area is 271 Å². The minimum absolute atomic E-state index is 0.0935. The highest BCUT2D eigenvalue weighted by molar-refractivity contribution is 7.25. The number of hydrogen-bond donors (Lipinski definition) is 0. The van der Waals surface area contributed by atoms with Crippen LogP contribution in [0.15, 0.2) is 140 Å². The molecule has 1 aliphatic carbocycles. The Kier molecular flexibility index (Phi) is 6.02. The van der Waals surface area contributed by atoms with Gasteiger partial charge in [0, 0.05) is 60.2 Å². The Bertz CT molecular complexity index is 2460. The maximum absolute atomic E-state index is 5.23. The van der Waals surface area contributed by atoms with E-state index in [1.807, 2.05) is 23.6 Å². The van der Waals surface area contributed by atoms with E-state index in [-0.39, 0.29) is 5.41 Å². The summed E-state index contributed by atoms with van der Waals surface area (Å²) in [6.45, 7) is 4.64. The quantitative estimate of drug-likeness (QED) is 0.200. The van der Waals surface area contributed by atoms with Gasteiger partial charge in [-0.1, -0.05) is 98.8 Å². The molecule has 0 saturated carbocycles. The summed E-state index contributed by atoms with van der Waals surface area (Å²) >= 11 is 1.83. The summed E-state index contributed by atoms with van der Waals surface area (Å²) in [6.07, 6.45) is 3.70. The van der Waals surface area contributed by atoms with E-state index in [4.69, 9.17) is 9.97 Å². The molecule has 3 heterocycles. The van der Waals surface area contributed by atoms with Crippen molar-refractivity contribution in [2.75, 3.05) is 0 Å². The van der Waals surface area contributed by atoms with Gasteiger partial charge in [0.15, 0.2) is 5.82 Å². The average Bonchev–Trinajstić information content (AvgIpc) is 3.60. The van der Waals surface area contributed by atoms with Crippen LogP contribution in [0.1, 0.15) is 25.0 Å². The van der Waals surface area contributed by atoms with Gasteiger partial charge in [-0.05, 0) is 70.3 Å². The number of aromatic nitrogens is 3. The minimum atomic E-state index is -0.0935. The Balaban J connectivity index is 1.24. The molecule has 0 saturated heterocycles. The van der Waals surface area contributed by atoms with Gasteiger partial charge in [-0.2, -0.15) is 0 Å². The van der Waals surface area contributed by atoms with Crippen LogP contribution in [0.4, 0.5) is 0 Å². The number of rotatable bonds is 4. The van der Waals surface area contributed by atoms with Gasteiger partial charge in [-0.25, -0.2) is 9.97 Å². The zero-order valence-electron chi connectivity index (χ0n) is 25.5. The number of hydrogen-bond acceptors (Lipinski definition) is 4. The van der Waals surface area contributed by atoms with Gasteiger partial charge >= 0.3 is 0 Å². The van der Waals surface area contributed by atoms with E-state index in [9.17, 15) is 0 Å². The molecule has 0 N–H and O–H groups in total. The van der Waals surface area contributed by atoms with Crippen molar-refractivity contribution in [3.05, 3.63) is 151 Å². The first kappa shape index (κ1) is 26.9. The molecule has 1 aliphatic rings. The lowest BCUT2D eigenvalue weighted by molar-refractivity contribution is 0.660. The van der Waals surface area contributed by atoms with Crippen LogP contribution >= 0.6 is 11.3 Å². The normalized spacial score (nSPS) is 13.2. The molecule has 5 aromatic carbocycles. The molecule has 3 aromatic heterocycles. The Morgan fingerprint density at radius 1 is 0.500 bits per heavy atom. The minimum Gasteiger partial charge on any atom is -0.264 e. The standard InChI is InChI=1S/C42H29N3S/c1-42(2)35-14-5-3-12-31(35)32-18-16-28(23-36(32)42)38-24-37(27-17-19-40-34(22-27)33-13-4-6-15-39(33)46-40)44-41(45-38)29-10-7-9-26(21-29)30-11-8-20-43-25-30/h3-25H,1-2H3. The predicted octanol–water partition coefficient (Wildman–Crippen LogP) is 11.2. The van der Waals surface area contributed by atoms with Crippen LogP contribution in [-0.2, 0) is 5.41 Å². The molecular formula is C42H29N3S. The van der Waals surface area contributed by atoms with Crippen molar-refractivity contribution in [2.24, 2.45) is 0 Å². The third-order valence-electron chi connectivity index (χ3n) is 9.39. The molecule has 0 aliphatic heterocycles. The first-order valence-electron chi connectivity index (χ1n) is 15.6. The molecule has 9 rings (SSSR count). The van der Waals surface area contributed by atoms with Crippen LogP contribution in [0.3, 0.4) is 0 Å². The number of nitrogens with zero attached hydrogens (tertiary/aromatic N) is 3. The molecule has 4 heteroatoms. The van der Waals surface area contributed by atoms with Crippen LogP contribution in [0, 0.1) is 0 Å². The van der Waals surface area contributed by atoms with Crippen LogP contribution in [0.2, 0.25) is 0 Å². The van der Waals surface area contributed by atoms with Gasteiger partial charge in [0.05, 0.1) is 11.4 Å². The summed E-state index contributed by atoms with van der Waals surface area (Å²) in [5, 5.41) is 2.54. The zero-order valence-corrected chi connectivity index (χ0v) is 26.3. The van der Waals surface area contributed by atoms with Crippen molar-refractivity contribution in [1.29, 1.82) is 0 Å². The molecule has 0 bridgehead atoms. The number of thiophene rings is 1. The van der Waals surface area contributed by atoms with Gasteiger partial charge in [0.25, 0.3) is 0 Å². The topological polar surface area (TPSA) is 38.7 Å². The van der Waals surface area contributed by atoms with Gasteiger partial charge in [0.1, 0.15) is 0 Å². The average molecular weight is 608 g/mol. The first-order valence-corrected chi connectivity index (χ1v) is 16.4. The van der Waals surface area contributed by atoms with Crippen LogP contribution in [0.25, 0.3) is 76.3 Å². The van der Waals surface area contributed by atoms with E-state index in [0.717, 1.165) is 39.2 Å². The molecule has 218 valence electrons. The van der Waals surface area contributed by atoms with Gasteiger partial charge in [-0.15, -0.1) is 11.3 Å². The molecule has 0 amide bonds. The second-order valence-corrected chi connectivity index (χ2v) is 13.6. The van der Waals surface area contributed by atoms with Crippen molar-refractivity contribution in [3.8, 4) is 56.2 Å². The first-order chi connectivity index (χ1) is 22.5. The van der Waals surface area contributed by atoms with Crippen LogP contribution in [0.5, 0.6) is 0 Å². The molecule has 0 atom stereocenters. The van der Waals surface area contributed by atoms with Crippen LogP contribution in [-0.4, -0.2) is 15.0 Å². The van der Waals surface area contributed by atoms with Crippen molar-refractivity contribution < 1.29 is 0 Å². The molecular weight excluding hydrogens is 579 g/mol. The fourth-order valence-corrected chi connectivity index (χ4v) is 8.08. The fraction of sp³-hybridized carbons (Fsp3) is 0.0714. The molecule has 0 fully saturated rings. The molecule has 0 radical (unpaired) electrons. The summed E-state index contributed by atoms with van der Waals surface area (Å²) in [5.41, 5.74) is 12.4. The highest BCUT2D eigenvalue weighted by Crippen LogP contribution is 2.49. The van der Waals surface area contributed by atoms with E-state index in [1.165, 1.54) is 42.4 Å². The molecule has 3 nitrogen and oxygen atoms in total. The summed E-state index contributed by atoms with van der Waals surface area (Å²) in [4.78, 5) is 14.8. The van der Waals surface area contributed by atoms with Crippen LogP contribution < -0.4 is 0 Å². The van der Waals surface area contributed by atoms with Crippen molar-refractivity contribution in [3.63, 3.8) is 0 Å². The Hall–Kier alpha value is -5.45. The third kappa shape index (κ3) is 4.29.